The Morgan fingerprint density at radius 3 is 1.90 bits per heavy atom. The van der Waals surface area contributed by atoms with Gasteiger partial charge in [0.25, 0.3) is 20.2 Å². The zero-order valence-corrected chi connectivity index (χ0v) is 13.1. The third-order valence-corrected chi connectivity index (χ3v) is 4.54. The van der Waals surface area contributed by atoms with Crippen molar-refractivity contribution in [3.63, 3.8) is 0 Å². The van der Waals surface area contributed by atoms with Crippen molar-refractivity contribution in [1.82, 2.24) is 0 Å². The summed E-state index contributed by atoms with van der Waals surface area (Å²) in [6.07, 6.45) is 0. The fraction of sp³-hybridized carbons (Fsp3) is 0.455. The van der Waals surface area contributed by atoms with Crippen LogP contribution in [0.2, 0.25) is 0 Å². The highest BCUT2D eigenvalue weighted by Crippen LogP contribution is 2.39. The van der Waals surface area contributed by atoms with Crippen LogP contribution in [-0.4, -0.2) is 25.9 Å². The standard InChI is InChI=1S/C11H15NO7S2/c1-11(2,3)10(12-13)8-5-4-7(20(14,15)16)6-9(8)21(17,18)19/h4-6,10H,1-3H3,(H,14,15,16)(H,17,18,19). The van der Waals surface area contributed by atoms with Crippen LogP contribution in [0.1, 0.15) is 32.4 Å². The smallest absolute Gasteiger partial charge is 0.282 e. The lowest BCUT2D eigenvalue weighted by molar-refractivity contribution is 0.322. The van der Waals surface area contributed by atoms with E-state index in [2.05, 4.69) is 5.18 Å². The first-order valence-corrected chi connectivity index (χ1v) is 8.58. The summed E-state index contributed by atoms with van der Waals surface area (Å²) in [5.41, 5.74) is -0.909. The van der Waals surface area contributed by atoms with E-state index in [-0.39, 0.29) is 5.56 Å². The second-order valence-electron chi connectivity index (χ2n) is 5.52. The van der Waals surface area contributed by atoms with Gasteiger partial charge in [0.05, 0.1) is 4.90 Å². The van der Waals surface area contributed by atoms with Crippen molar-refractivity contribution in [2.24, 2.45) is 10.6 Å². The second-order valence-corrected chi connectivity index (χ2v) is 8.34. The molecule has 0 bridgehead atoms. The Balaban J connectivity index is 3.73. The van der Waals surface area contributed by atoms with Crippen LogP contribution in [0.25, 0.3) is 0 Å². The zero-order chi connectivity index (χ0) is 16.6. The van der Waals surface area contributed by atoms with E-state index in [1.807, 2.05) is 0 Å². The van der Waals surface area contributed by atoms with Crippen molar-refractivity contribution in [2.75, 3.05) is 0 Å². The summed E-state index contributed by atoms with van der Waals surface area (Å²) in [5, 5.41) is 2.86. The SMILES string of the molecule is CC(C)(C)C(N=O)c1ccc(S(=O)(=O)O)cc1S(=O)(=O)O. The molecule has 0 spiro atoms. The minimum absolute atomic E-state index is 0.146. The molecule has 0 aromatic heterocycles. The van der Waals surface area contributed by atoms with Gasteiger partial charge in [-0.15, -0.1) is 0 Å². The van der Waals surface area contributed by atoms with E-state index in [0.29, 0.717) is 6.07 Å². The zero-order valence-electron chi connectivity index (χ0n) is 11.5. The molecule has 1 aromatic carbocycles. The Kier molecular flexibility index (Phi) is 4.59. The maximum Gasteiger partial charge on any atom is 0.294 e. The van der Waals surface area contributed by atoms with Gasteiger partial charge in [-0.3, -0.25) is 9.11 Å². The third kappa shape index (κ3) is 4.06. The Bertz CT molecular complexity index is 760. The highest BCUT2D eigenvalue weighted by Gasteiger charge is 2.33. The van der Waals surface area contributed by atoms with E-state index < -0.39 is 41.5 Å². The first kappa shape index (κ1) is 17.7. The average Bonchev–Trinajstić information content (AvgIpc) is 2.25. The third-order valence-electron chi connectivity index (χ3n) is 2.78. The molecule has 21 heavy (non-hydrogen) atoms. The molecule has 0 fully saturated rings. The Morgan fingerprint density at radius 2 is 1.57 bits per heavy atom. The monoisotopic (exact) mass is 337 g/mol. The summed E-state index contributed by atoms with van der Waals surface area (Å²) in [6, 6.07) is 1.42. The van der Waals surface area contributed by atoms with Crippen LogP contribution < -0.4 is 0 Å². The number of nitroso groups, excluding NO2 is 1. The lowest BCUT2D eigenvalue weighted by atomic mass is 9.83. The van der Waals surface area contributed by atoms with Gasteiger partial charge in [-0.05, 0) is 17.5 Å². The molecule has 1 rings (SSSR count). The van der Waals surface area contributed by atoms with Crippen molar-refractivity contribution in [3.05, 3.63) is 28.7 Å². The highest BCUT2D eigenvalue weighted by atomic mass is 32.2. The fourth-order valence-corrected chi connectivity index (χ4v) is 3.14. The summed E-state index contributed by atoms with van der Waals surface area (Å²) in [5.74, 6) is 0. The minimum Gasteiger partial charge on any atom is -0.282 e. The Hall–Kier alpha value is -1.36. The van der Waals surface area contributed by atoms with Crippen LogP contribution in [0, 0.1) is 10.3 Å². The quantitative estimate of drug-likeness (QED) is 0.633. The lowest BCUT2D eigenvalue weighted by Crippen LogP contribution is -2.19. The highest BCUT2D eigenvalue weighted by molar-refractivity contribution is 7.86. The van der Waals surface area contributed by atoms with Crippen molar-refractivity contribution in [2.45, 2.75) is 36.6 Å². The molecule has 118 valence electrons. The second kappa shape index (κ2) is 5.44. The van der Waals surface area contributed by atoms with Gasteiger partial charge in [0, 0.05) is 5.56 Å². The number of hydrogen-bond donors (Lipinski definition) is 2. The number of rotatable bonds is 4. The van der Waals surface area contributed by atoms with Crippen LogP contribution in [0.5, 0.6) is 0 Å². The summed E-state index contributed by atoms with van der Waals surface area (Å²) >= 11 is 0. The average molecular weight is 337 g/mol. The van der Waals surface area contributed by atoms with E-state index >= 15 is 0 Å². The molecule has 2 N–H and O–H groups in total. The van der Waals surface area contributed by atoms with Gasteiger partial charge in [0.1, 0.15) is 10.9 Å². The predicted molar refractivity (Wildman–Crippen MR) is 74.1 cm³/mol. The van der Waals surface area contributed by atoms with Crippen molar-refractivity contribution < 1.29 is 25.9 Å². The molecule has 0 saturated carbocycles. The molecule has 0 aliphatic rings. The molecule has 10 heteroatoms. The van der Waals surface area contributed by atoms with Gasteiger partial charge >= 0.3 is 0 Å². The van der Waals surface area contributed by atoms with E-state index in [0.717, 1.165) is 12.1 Å². The van der Waals surface area contributed by atoms with Crippen molar-refractivity contribution in [3.8, 4) is 0 Å². The van der Waals surface area contributed by atoms with Gasteiger partial charge < -0.3 is 0 Å². The maximum atomic E-state index is 11.4. The van der Waals surface area contributed by atoms with E-state index in [4.69, 9.17) is 4.55 Å². The molecular weight excluding hydrogens is 322 g/mol. The molecule has 0 radical (unpaired) electrons. The van der Waals surface area contributed by atoms with Gasteiger partial charge in [0.15, 0.2) is 0 Å². The van der Waals surface area contributed by atoms with Gasteiger partial charge in [0.2, 0.25) is 0 Å². The largest absolute Gasteiger partial charge is 0.294 e. The van der Waals surface area contributed by atoms with E-state index in [9.17, 15) is 26.3 Å². The van der Waals surface area contributed by atoms with E-state index in [1.165, 1.54) is 0 Å². The van der Waals surface area contributed by atoms with E-state index in [1.54, 1.807) is 20.8 Å². The molecular formula is C11H15NO7S2. The van der Waals surface area contributed by atoms with Crippen LogP contribution in [0.15, 0.2) is 33.2 Å². The van der Waals surface area contributed by atoms with Crippen LogP contribution >= 0.6 is 0 Å². The fourth-order valence-electron chi connectivity index (χ4n) is 1.81. The number of benzene rings is 1. The van der Waals surface area contributed by atoms with Crippen LogP contribution in [0.4, 0.5) is 0 Å². The summed E-state index contributed by atoms with van der Waals surface area (Å²) in [4.78, 5) is 9.53. The number of nitrogens with zero attached hydrogens (tertiary/aromatic N) is 1. The topological polar surface area (TPSA) is 138 Å². The number of hydrogen-bond acceptors (Lipinski definition) is 6. The van der Waals surface area contributed by atoms with Gasteiger partial charge in [-0.2, -0.15) is 21.7 Å². The molecule has 1 atom stereocenters. The molecule has 1 aromatic rings. The Labute approximate surface area is 122 Å². The van der Waals surface area contributed by atoms with Crippen LogP contribution in [0.3, 0.4) is 0 Å². The normalized spacial score (nSPS) is 14.7. The molecule has 0 heterocycles. The van der Waals surface area contributed by atoms with Gasteiger partial charge in [-0.25, -0.2) is 0 Å². The summed E-state index contributed by atoms with van der Waals surface area (Å²) in [7, 11) is -9.46. The lowest BCUT2D eigenvalue weighted by Gasteiger charge is -2.26. The molecule has 1 unspecified atom stereocenters. The Morgan fingerprint density at radius 1 is 1.05 bits per heavy atom. The maximum absolute atomic E-state index is 11.4. The minimum atomic E-state index is -4.81. The van der Waals surface area contributed by atoms with Crippen molar-refractivity contribution in [1.29, 1.82) is 0 Å². The summed E-state index contributed by atoms with van der Waals surface area (Å²) < 4.78 is 63.1. The first-order valence-electron chi connectivity index (χ1n) is 5.70. The van der Waals surface area contributed by atoms with Crippen LogP contribution in [-0.2, 0) is 20.2 Å². The predicted octanol–water partition coefficient (Wildman–Crippen LogP) is 2.03. The van der Waals surface area contributed by atoms with Crippen molar-refractivity contribution >= 4 is 20.2 Å². The molecule has 8 nitrogen and oxygen atoms in total. The summed E-state index contributed by atoms with van der Waals surface area (Å²) in [6.45, 7) is 4.89. The molecule has 0 aliphatic heterocycles. The molecule has 0 aliphatic carbocycles. The van der Waals surface area contributed by atoms with Gasteiger partial charge in [-0.1, -0.05) is 32.0 Å². The molecule has 0 amide bonds. The molecule has 0 saturated heterocycles. The first-order chi connectivity index (χ1) is 9.28.